The van der Waals surface area contributed by atoms with Crippen LogP contribution >= 0.6 is 0 Å². The van der Waals surface area contributed by atoms with Crippen LogP contribution in [-0.2, 0) is 0 Å². The molecule has 2 rings (SSSR count). The zero-order chi connectivity index (χ0) is 15.9. The standard InChI is InChI=1S/C18H18FNO2/c1-3-22-17-10-8-16(9-11-17)20-13(2)12-18(21)14-4-6-15(19)7-5-14/h4-12,20H,3H2,1-2H3/b13-12+. The number of ketones is 1. The van der Waals surface area contributed by atoms with Crippen LogP contribution in [0.5, 0.6) is 5.75 Å². The number of hydrogen-bond donors (Lipinski definition) is 1. The highest BCUT2D eigenvalue weighted by Gasteiger charge is 2.04. The molecule has 0 bridgehead atoms. The molecule has 0 unspecified atom stereocenters. The van der Waals surface area contributed by atoms with Crippen LogP contribution in [0, 0.1) is 5.82 Å². The monoisotopic (exact) mass is 299 g/mol. The molecule has 114 valence electrons. The number of ether oxygens (including phenoxy) is 1. The van der Waals surface area contributed by atoms with Gasteiger partial charge in [0, 0.05) is 23.0 Å². The third-order valence-electron chi connectivity index (χ3n) is 2.98. The lowest BCUT2D eigenvalue weighted by Gasteiger charge is -2.08. The van der Waals surface area contributed by atoms with Gasteiger partial charge in [0.1, 0.15) is 11.6 Å². The Morgan fingerprint density at radius 3 is 2.36 bits per heavy atom. The van der Waals surface area contributed by atoms with Crippen molar-refractivity contribution >= 4 is 11.5 Å². The van der Waals surface area contributed by atoms with E-state index in [0.29, 0.717) is 17.9 Å². The van der Waals surface area contributed by atoms with Crippen LogP contribution in [-0.4, -0.2) is 12.4 Å². The van der Waals surface area contributed by atoms with Gasteiger partial charge >= 0.3 is 0 Å². The second-order valence-corrected chi connectivity index (χ2v) is 4.78. The van der Waals surface area contributed by atoms with Crippen LogP contribution in [0.3, 0.4) is 0 Å². The highest BCUT2D eigenvalue weighted by atomic mass is 19.1. The van der Waals surface area contributed by atoms with Gasteiger partial charge in [-0.05, 0) is 62.4 Å². The zero-order valence-corrected chi connectivity index (χ0v) is 12.6. The average molecular weight is 299 g/mol. The smallest absolute Gasteiger partial charge is 0.187 e. The van der Waals surface area contributed by atoms with E-state index < -0.39 is 0 Å². The largest absolute Gasteiger partial charge is 0.494 e. The van der Waals surface area contributed by atoms with E-state index in [1.54, 1.807) is 6.92 Å². The van der Waals surface area contributed by atoms with Crippen molar-refractivity contribution in [2.75, 3.05) is 11.9 Å². The first-order chi connectivity index (χ1) is 10.6. The van der Waals surface area contributed by atoms with Crippen molar-refractivity contribution in [2.24, 2.45) is 0 Å². The van der Waals surface area contributed by atoms with Gasteiger partial charge < -0.3 is 10.1 Å². The van der Waals surface area contributed by atoms with Crippen molar-refractivity contribution in [3.63, 3.8) is 0 Å². The average Bonchev–Trinajstić information content (AvgIpc) is 2.50. The van der Waals surface area contributed by atoms with Gasteiger partial charge in [0.25, 0.3) is 0 Å². The minimum absolute atomic E-state index is 0.170. The summed E-state index contributed by atoms with van der Waals surface area (Å²) in [6.07, 6.45) is 1.49. The lowest BCUT2D eigenvalue weighted by Crippen LogP contribution is -2.01. The third-order valence-corrected chi connectivity index (χ3v) is 2.98. The van der Waals surface area contributed by atoms with Crippen molar-refractivity contribution in [1.29, 1.82) is 0 Å². The fraction of sp³-hybridized carbons (Fsp3) is 0.167. The first-order valence-corrected chi connectivity index (χ1v) is 7.06. The van der Waals surface area contributed by atoms with Gasteiger partial charge in [-0.3, -0.25) is 4.79 Å². The number of carbonyl (C=O) groups is 1. The van der Waals surface area contributed by atoms with E-state index >= 15 is 0 Å². The summed E-state index contributed by atoms with van der Waals surface area (Å²) in [6, 6.07) is 13.0. The van der Waals surface area contributed by atoms with E-state index in [-0.39, 0.29) is 11.6 Å². The number of nitrogens with one attached hydrogen (secondary N) is 1. The fourth-order valence-corrected chi connectivity index (χ4v) is 1.96. The highest BCUT2D eigenvalue weighted by molar-refractivity contribution is 6.05. The third kappa shape index (κ3) is 4.45. The van der Waals surface area contributed by atoms with Crippen molar-refractivity contribution in [1.82, 2.24) is 0 Å². The maximum absolute atomic E-state index is 12.8. The van der Waals surface area contributed by atoms with Crippen LogP contribution in [0.15, 0.2) is 60.3 Å². The molecule has 0 aromatic heterocycles. The van der Waals surface area contributed by atoms with Crippen LogP contribution in [0.1, 0.15) is 24.2 Å². The molecule has 1 N–H and O–H groups in total. The quantitative estimate of drug-likeness (QED) is 0.633. The van der Waals surface area contributed by atoms with Crippen LogP contribution in [0.4, 0.5) is 10.1 Å². The van der Waals surface area contributed by atoms with Crippen molar-refractivity contribution < 1.29 is 13.9 Å². The molecule has 0 aliphatic rings. The van der Waals surface area contributed by atoms with E-state index in [9.17, 15) is 9.18 Å². The van der Waals surface area contributed by atoms with Crippen LogP contribution < -0.4 is 10.1 Å². The second-order valence-electron chi connectivity index (χ2n) is 4.78. The van der Waals surface area contributed by atoms with Crippen molar-refractivity contribution in [3.05, 3.63) is 71.7 Å². The second kappa shape index (κ2) is 7.41. The van der Waals surface area contributed by atoms with Crippen LogP contribution in [0.2, 0.25) is 0 Å². The molecule has 0 fully saturated rings. The zero-order valence-electron chi connectivity index (χ0n) is 12.6. The van der Waals surface area contributed by atoms with Crippen molar-refractivity contribution in [2.45, 2.75) is 13.8 Å². The summed E-state index contributed by atoms with van der Waals surface area (Å²) in [6.45, 7) is 4.36. The predicted octanol–water partition coefficient (Wildman–Crippen LogP) is 4.42. The molecule has 0 aliphatic heterocycles. The number of benzene rings is 2. The molecule has 0 amide bonds. The summed E-state index contributed by atoms with van der Waals surface area (Å²) in [7, 11) is 0. The number of hydrogen-bond acceptors (Lipinski definition) is 3. The van der Waals surface area contributed by atoms with Gasteiger partial charge in [-0.15, -0.1) is 0 Å². The number of anilines is 1. The van der Waals surface area contributed by atoms with E-state index in [4.69, 9.17) is 4.74 Å². The van der Waals surface area contributed by atoms with E-state index in [1.165, 1.54) is 30.3 Å². The molecule has 0 radical (unpaired) electrons. The molecular formula is C18H18FNO2. The molecule has 4 heteroatoms. The first-order valence-electron chi connectivity index (χ1n) is 7.06. The molecule has 0 saturated heterocycles. The Bertz CT molecular complexity index is 660. The van der Waals surface area contributed by atoms with Gasteiger partial charge in [-0.1, -0.05) is 0 Å². The van der Waals surface area contributed by atoms with E-state index in [2.05, 4.69) is 5.32 Å². The molecule has 2 aromatic carbocycles. The summed E-state index contributed by atoms with van der Waals surface area (Å²) in [4.78, 5) is 12.0. The highest BCUT2D eigenvalue weighted by Crippen LogP contribution is 2.17. The SMILES string of the molecule is CCOc1ccc(N/C(C)=C/C(=O)c2ccc(F)cc2)cc1. The van der Waals surface area contributed by atoms with Gasteiger partial charge in [0.05, 0.1) is 6.61 Å². The Hall–Kier alpha value is -2.62. The molecule has 0 aliphatic carbocycles. The minimum atomic E-state index is -0.357. The Morgan fingerprint density at radius 1 is 1.14 bits per heavy atom. The number of carbonyl (C=O) groups excluding carboxylic acids is 1. The Balaban J connectivity index is 2.02. The van der Waals surface area contributed by atoms with Gasteiger partial charge in [-0.25, -0.2) is 4.39 Å². The number of rotatable bonds is 6. The molecule has 0 saturated carbocycles. The number of allylic oxidation sites excluding steroid dienone is 2. The Labute approximate surface area is 129 Å². The van der Waals surface area contributed by atoms with Crippen molar-refractivity contribution in [3.8, 4) is 5.75 Å². The number of halogens is 1. The maximum Gasteiger partial charge on any atom is 0.187 e. The van der Waals surface area contributed by atoms with E-state index in [0.717, 1.165) is 11.4 Å². The summed E-state index contributed by atoms with van der Waals surface area (Å²) >= 11 is 0. The molecule has 0 heterocycles. The van der Waals surface area contributed by atoms with Gasteiger partial charge in [-0.2, -0.15) is 0 Å². The molecule has 2 aromatic rings. The topological polar surface area (TPSA) is 38.3 Å². The molecule has 3 nitrogen and oxygen atoms in total. The lowest BCUT2D eigenvalue weighted by molar-refractivity contribution is 0.104. The lowest BCUT2D eigenvalue weighted by atomic mass is 10.1. The van der Waals surface area contributed by atoms with Crippen LogP contribution in [0.25, 0.3) is 0 Å². The molecule has 0 atom stereocenters. The van der Waals surface area contributed by atoms with Gasteiger partial charge in [0.15, 0.2) is 5.78 Å². The summed E-state index contributed by atoms with van der Waals surface area (Å²) in [5, 5.41) is 3.13. The molecule has 0 spiro atoms. The van der Waals surface area contributed by atoms with E-state index in [1.807, 2.05) is 31.2 Å². The normalized spacial score (nSPS) is 11.1. The summed E-state index contributed by atoms with van der Waals surface area (Å²) in [5.41, 5.74) is 2.02. The summed E-state index contributed by atoms with van der Waals surface area (Å²) in [5.74, 6) is 0.276. The maximum atomic E-state index is 12.8. The molecular weight excluding hydrogens is 281 g/mol. The van der Waals surface area contributed by atoms with Gasteiger partial charge in [0.2, 0.25) is 0 Å². The first kappa shape index (κ1) is 15.8. The Kier molecular flexibility index (Phi) is 5.31. The Morgan fingerprint density at radius 2 is 1.77 bits per heavy atom. The predicted molar refractivity (Wildman–Crippen MR) is 85.7 cm³/mol. The minimum Gasteiger partial charge on any atom is -0.494 e. The fourth-order valence-electron chi connectivity index (χ4n) is 1.96. The summed E-state index contributed by atoms with van der Waals surface area (Å²) < 4.78 is 18.2. The molecule has 22 heavy (non-hydrogen) atoms.